The molecule has 0 fully saturated rings. The second-order valence-electron chi connectivity index (χ2n) is 27.8. The van der Waals surface area contributed by atoms with E-state index in [1.165, 1.54) is 125 Å². The Morgan fingerprint density at radius 1 is 0.123 bits per heavy atom. The van der Waals surface area contributed by atoms with Gasteiger partial charge in [-0.3, -0.25) is 0 Å². The molecule has 0 N–H and O–H groups in total. The molecule has 0 aliphatic rings. The van der Waals surface area contributed by atoms with Crippen molar-refractivity contribution in [1.82, 2.24) is 0 Å². The fourth-order valence-electron chi connectivity index (χ4n) is 16.8. The van der Waals surface area contributed by atoms with Crippen molar-refractivity contribution < 1.29 is 0 Å². The molecular formula is C104H68N2. The lowest BCUT2D eigenvalue weighted by Crippen LogP contribution is -2.12. The highest BCUT2D eigenvalue weighted by Crippen LogP contribution is 2.51. The second kappa shape index (κ2) is 26.2. The van der Waals surface area contributed by atoms with Gasteiger partial charge in [-0.2, -0.15) is 0 Å². The predicted molar refractivity (Wildman–Crippen MR) is 454 cm³/mol. The highest BCUT2D eigenvalue weighted by Gasteiger charge is 2.25. The van der Waals surface area contributed by atoms with Crippen molar-refractivity contribution in [2.45, 2.75) is 0 Å². The molecule has 20 aromatic rings. The Hall–Kier alpha value is -13.9. The summed E-state index contributed by atoms with van der Waals surface area (Å²) in [7, 11) is 0. The van der Waals surface area contributed by atoms with Gasteiger partial charge in [-0.1, -0.05) is 340 Å². The molecule has 0 aromatic heterocycles. The van der Waals surface area contributed by atoms with E-state index in [-0.39, 0.29) is 0 Å². The molecule has 494 valence electrons. The summed E-state index contributed by atoms with van der Waals surface area (Å²) in [6.45, 7) is 0. The SMILES string of the molecule is c1ccc(-c2ccc3cc(N(c4cccc(-c5cccc6c(-c7ccc(-c8ccc(N(c9cccc(-c%10cccc%11ccccc%10%11)c9)c9ccccc9-c9cc%10ccccc%10c%10ccccc9%10)c9ccccc89)cc7)cccc56)c4)c4ccccc4-c4cc5ccccc5c5ccccc45)ccc3c2)cc1. The summed E-state index contributed by atoms with van der Waals surface area (Å²) in [5.41, 5.74) is 23.0. The predicted octanol–water partition coefficient (Wildman–Crippen LogP) is 29.5. The third-order valence-corrected chi connectivity index (χ3v) is 21.8. The summed E-state index contributed by atoms with van der Waals surface area (Å²) < 4.78 is 0. The summed E-state index contributed by atoms with van der Waals surface area (Å²) >= 11 is 0. The normalized spacial score (nSPS) is 11.6. The van der Waals surface area contributed by atoms with E-state index in [0.29, 0.717) is 0 Å². The van der Waals surface area contributed by atoms with Crippen LogP contribution in [0.2, 0.25) is 0 Å². The Balaban J connectivity index is 0.685. The maximum absolute atomic E-state index is 2.50. The van der Waals surface area contributed by atoms with Gasteiger partial charge < -0.3 is 9.80 Å². The van der Waals surface area contributed by atoms with Crippen molar-refractivity contribution in [3.05, 3.63) is 413 Å². The van der Waals surface area contributed by atoms with Crippen LogP contribution in [0.1, 0.15) is 0 Å². The van der Waals surface area contributed by atoms with Gasteiger partial charge in [0.05, 0.1) is 17.1 Å². The molecular weight excluding hydrogens is 1280 g/mol. The Labute approximate surface area is 616 Å². The third-order valence-electron chi connectivity index (χ3n) is 21.8. The molecule has 0 unspecified atom stereocenters. The van der Waals surface area contributed by atoms with Crippen molar-refractivity contribution in [3.63, 3.8) is 0 Å². The van der Waals surface area contributed by atoms with Crippen molar-refractivity contribution in [2.24, 2.45) is 0 Å². The molecule has 20 rings (SSSR count). The number of nitrogens with zero attached hydrogens (tertiary/aromatic N) is 2. The number of para-hydroxylation sites is 2. The number of rotatable bonds is 13. The van der Waals surface area contributed by atoms with Crippen molar-refractivity contribution >= 4 is 120 Å². The Morgan fingerprint density at radius 2 is 0.481 bits per heavy atom. The molecule has 0 aliphatic heterocycles. The van der Waals surface area contributed by atoms with Crippen LogP contribution in [0, 0.1) is 0 Å². The first-order chi connectivity index (χ1) is 52.6. The smallest absolute Gasteiger partial charge is 0.0540 e. The molecule has 20 aromatic carbocycles. The molecule has 106 heavy (non-hydrogen) atoms. The fourth-order valence-corrected chi connectivity index (χ4v) is 16.8. The molecule has 0 bridgehead atoms. The van der Waals surface area contributed by atoms with E-state index in [1.54, 1.807) is 0 Å². The van der Waals surface area contributed by atoms with Gasteiger partial charge in [-0.15, -0.1) is 0 Å². The van der Waals surface area contributed by atoms with E-state index in [1.807, 2.05) is 0 Å². The van der Waals surface area contributed by atoms with Crippen LogP contribution in [-0.2, 0) is 0 Å². The second-order valence-corrected chi connectivity index (χ2v) is 27.8. The molecule has 0 amide bonds. The van der Waals surface area contributed by atoms with Gasteiger partial charge in [0, 0.05) is 33.6 Å². The number of hydrogen-bond donors (Lipinski definition) is 0. The van der Waals surface area contributed by atoms with Crippen molar-refractivity contribution in [1.29, 1.82) is 0 Å². The minimum Gasteiger partial charge on any atom is -0.310 e. The van der Waals surface area contributed by atoms with Crippen LogP contribution >= 0.6 is 0 Å². The van der Waals surface area contributed by atoms with Crippen molar-refractivity contribution in [3.8, 4) is 77.9 Å². The minimum absolute atomic E-state index is 1.07. The van der Waals surface area contributed by atoms with Gasteiger partial charge in [0.1, 0.15) is 0 Å². The van der Waals surface area contributed by atoms with Crippen LogP contribution < -0.4 is 9.80 Å². The molecule has 0 saturated heterocycles. The number of benzene rings is 20. The summed E-state index contributed by atoms with van der Waals surface area (Å²) in [5.74, 6) is 0. The molecule has 0 atom stereocenters. The highest BCUT2D eigenvalue weighted by molar-refractivity contribution is 6.18. The number of fused-ring (bicyclic) bond motifs is 10. The molecule has 2 heteroatoms. The van der Waals surface area contributed by atoms with E-state index in [9.17, 15) is 0 Å². The fraction of sp³-hybridized carbons (Fsp3) is 0. The molecule has 0 heterocycles. The van der Waals surface area contributed by atoms with Gasteiger partial charge in [-0.25, -0.2) is 0 Å². The van der Waals surface area contributed by atoms with E-state index >= 15 is 0 Å². The molecule has 0 aliphatic carbocycles. The lowest BCUT2D eigenvalue weighted by molar-refractivity contribution is 1.29. The quantitative estimate of drug-likeness (QED) is 0.106. The molecule has 0 saturated carbocycles. The van der Waals surface area contributed by atoms with Crippen LogP contribution in [-0.4, -0.2) is 0 Å². The van der Waals surface area contributed by atoms with Crippen LogP contribution in [0.15, 0.2) is 413 Å². The molecule has 2 nitrogen and oxygen atoms in total. The Kier molecular flexibility index (Phi) is 15.3. The number of hydrogen-bond acceptors (Lipinski definition) is 2. The van der Waals surface area contributed by atoms with E-state index < -0.39 is 0 Å². The average molecular weight is 1350 g/mol. The maximum atomic E-state index is 2.50. The third kappa shape index (κ3) is 10.8. The zero-order valence-corrected chi connectivity index (χ0v) is 58.2. The zero-order valence-electron chi connectivity index (χ0n) is 58.2. The van der Waals surface area contributed by atoms with Crippen LogP contribution in [0.3, 0.4) is 0 Å². The van der Waals surface area contributed by atoms with Crippen molar-refractivity contribution in [2.75, 3.05) is 9.80 Å². The van der Waals surface area contributed by atoms with Gasteiger partial charge in [0.15, 0.2) is 0 Å². The Bertz CT molecular complexity index is 6840. The van der Waals surface area contributed by atoms with E-state index in [4.69, 9.17) is 0 Å². The topological polar surface area (TPSA) is 6.48 Å². The highest BCUT2D eigenvalue weighted by atomic mass is 15.2. The van der Waals surface area contributed by atoms with Crippen LogP contribution in [0.4, 0.5) is 34.1 Å². The average Bonchev–Trinajstić information content (AvgIpc) is 0.751. The van der Waals surface area contributed by atoms with Crippen LogP contribution in [0.5, 0.6) is 0 Å². The summed E-state index contributed by atoms with van der Waals surface area (Å²) in [6, 6.07) is 153. The lowest BCUT2D eigenvalue weighted by Gasteiger charge is -2.30. The number of anilines is 6. The maximum Gasteiger partial charge on any atom is 0.0540 e. The lowest BCUT2D eigenvalue weighted by atomic mass is 9.90. The zero-order chi connectivity index (χ0) is 70.0. The largest absolute Gasteiger partial charge is 0.310 e. The summed E-state index contributed by atoms with van der Waals surface area (Å²) in [6.07, 6.45) is 0. The van der Waals surface area contributed by atoms with Gasteiger partial charge in [0.25, 0.3) is 0 Å². The van der Waals surface area contributed by atoms with Gasteiger partial charge >= 0.3 is 0 Å². The molecule has 0 radical (unpaired) electrons. The standard InChI is InChI=1S/C104H68N2/c1-2-25-69(26-3-1)73-57-58-75-64-82(60-59-74(75)63-73)105(102-51-18-16-44-98(102)100-67-78-28-5-8-36-86(78)90-38-10-12-41-95(90)100)80-33-20-32-77(65-80)88-48-24-49-92-84(47-23-50-93(88)92)71-53-55-72(56-54-71)89-61-62-104(97-43-15-14-40-94(89)97)106(81-34-21-31-76(66-81)85-46-22-30-70-27-4-7-35-83(70)85)103-52-19-17-45-99(103)101-68-79-29-6-9-37-87(79)91-39-11-13-42-96(91)101/h1-68H. The minimum atomic E-state index is 1.07. The van der Waals surface area contributed by atoms with Crippen LogP contribution in [0.25, 0.3) is 164 Å². The summed E-state index contributed by atoms with van der Waals surface area (Å²) in [5, 5.41) is 19.4. The van der Waals surface area contributed by atoms with E-state index in [2.05, 4.69) is 422 Å². The Morgan fingerprint density at radius 3 is 1.08 bits per heavy atom. The van der Waals surface area contributed by atoms with E-state index in [0.717, 1.165) is 72.9 Å². The summed E-state index contributed by atoms with van der Waals surface area (Å²) in [4.78, 5) is 4.97. The van der Waals surface area contributed by atoms with Gasteiger partial charge in [0.2, 0.25) is 0 Å². The molecule has 0 spiro atoms. The first-order valence-electron chi connectivity index (χ1n) is 36.6. The first kappa shape index (κ1) is 61.9. The first-order valence-corrected chi connectivity index (χ1v) is 36.6. The van der Waals surface area contributed by atoms with Gasteiger partial charge in [-0.05, 0) is 220 Å². The monoisotopic (exact) mass is 1340 g/mol.